The van der Waals surface area contributed by atoms with Gasteiger partial charge in [-0.3, -0.25) is 14.5 Å². The lowest BCUT2D eigenvalue weighted by molar-refractivity contribution is -0.160. The van der Waals surface area contributed by atoms with Crippen molar-refractivity contribution in [1.82, 2.24) is 19.6 Å². The predicted molar refractivity (Wildman–Crippen MR) is 114 cm³/mol. The van der Waals surface area contributed by atoms with E-state index in [1.807, 2.05) is 0 Å². The summed E-state index contributed by atoms with van der Waals surface area (Å²) < 4.78 is 9.03. The number of ether oxygens (including phenoxy) is 1. The summed E-state index contributed by atoms with van der Waals surface area (Å²) in [5.41, 5.74) is -0.0118. The summed E-state index contributed by atoms with van der Waals surface area (Å²) in [5.74, 6) is -3.37. The number of esters is 1. The largest absolute Gasteiger partial charge is 0.477 e. The summed E-state index contributed by atoms with van der Waals surface area (Å²) in [6.45, 7) is 4.50. The Morgan fingerprint density at radius 1 is 1.41 bits per heavy atom. The molecule has 0 aromatic carbocycles. The normalized spacial score (nSPS) is 20.9. The third-order valence-electron chi connectivity index (χ3n) is 3.96. The van der Waals surface area contributed by atoms with Crippen molar-refractivity contribution in [1.29, 1.82) is 0 Å². The van der Waals surface area contributed by atoms with Crippen molar-refractivity contribution in [2.24, 2.45) is 5.16 Å². The molecule has 0 aliphatic carbocycles. The van der Waals surface area contributed by atoms with Crippen molar-refractivity contribution in [2.45, 2.75) is 37.8 Å². The Morgan fingerprint density at radius 3 is 2.72 bits per heavy atom. The molecule has 1 aromatic rings. The maximum Gasteiger partial charge on any atom is 0.353 e. The molecule has 0 radical (unpaired) electrons. The molecule has 0 bridgehead atoms. The molecule has 15 heteroatoms. The van der Waals surface area contributed by atoms with Gasteiger partial charge in [0.15, 0.2) is 0 Å². The molecule has 1 unspecified atom stereocenters. The molecule has 32 heavy (non-hydrogen) atoms. The number of aromatic nitrogens is 2. The number of β-lactam (4-membered cyclic amide) rings is 1. The lowest BCUT2D eigenvalue weighted by Crippen LogP contribution is -2.71. The average molecular weight is 504 g/mol. The third-order valence-corrected chi connectivity index (χ3v) is 6.19. The van der Waals surface area contributed by atoms with Gasteiger partial charge in [-0.05, 0) is 32.3 Å². The van der Waals surface area contributed by atoms with Gasteiger partial charge >= 0.3 is 11.9 Å². The molecule has 3 heterocycles. The summed E-state index contributed by atoms with van der Waals surface area (Å²) in [6.07, 6.45) is 0. The van der Waals surface area contributed by atoms with Crippen LogP contribution in [0, 0.1) is 0 Å². The number of carboxylic acids is 1. The quantitative estimate of drug-likeness (QED) is 0.232. The number of nitrogens with zero attached hydrogens (tertiary/aromatic N) is 4. The maximum atomic E-state index is 12.8. The number of carboxylic acid groups (broad SMARTS) is 1. The molecule has 12 nitrogen and oxygen atoms in total. The zero-order valence-corrected chi connectivity index (χ0v) is 19.4. The Balaban J connectivity index is 1.70. The van der Waals surface area contributed by atoms with E-state index >= 15 is 0 Å². The Labute approximate surface area is 195 Å². The number of hydrogen-bond donors (Lipinski definition) is 2. The molecule has 2 N–H and O–H groups in total. The van der Waals surface area contributed by atoms with E-state index in [4.69, 9.17) is 21.2 Å². The molecule has 2 amide bonds. The molecule has 1 saturated heterocycles. The van der Waals surface area contributed by atoms with Gasteiger partial charge < -0.3 is 20.0 Å². The third kappa shape index (κ3) is 5.19. The van der Waals surface area contributed by atoms with E-state index in [-0.39, 0.29) is 28.0 Å². The van der Waals surface area contributed by atoms with Crippen molar-refractivity contribution >= 4 is 64.4 Å². The van der Waals surface area contributed by atoms with Crippen LogP contribution in [0.3, 0.4) is 0 Å². The molecule has 0 spiro atoms. The van der Waals surface area contributed by atoms with E-state index in [1.165, 1.54) is 17.3 Å². The highest BCUT2D eigenvalue weighted by Crippen LogP contribution is 2.41. The van der Waals surface area contributed by atoms with E-state index in [1.54, 1.807) is 20.8 Å². The van der Waals surface area contributed by atoms with Crippen LogP contribution in [0.25, 0.3) is 0 Å². The molecule has 2 aliphatic heterocycles. The Kier molecular flexibility index (Phi) is 7.05. The monoisotopic (exact) mass is 503 g/mol. The Bertz CT molecular complexity index is 1010. The zero-order valence-electron chi connectivity index (χ0n) is 17.0. The van der Waals surface area contributed by atoms with Gasteiger partial charge in [0, 0.05) is 5.75 Å². The Hall–Kier alpha value is -2.71. The van der Waals surface area contributed by atoms with Gasteiger partial charge in [-0.2, -0.15) is 4.37 Å². The van der Waals surface area contributed by atoms with E-state index in [2.05, 4.69) is 19.8 Å². The average Bonchev–Trinajstić information content (AvgIpc) is 3.21. The first-order chi connectivity index (χ1) is 15.0. The van der Waals surface area contributed by atoms with Crippen LogP contribution in [0.5, 0.6) is 0 Å². The molecule has 1 fully saturated rings. The van der Waals surface area contributed by atoms with Crippen LogP contribution in [0.2, 0.25) is 0 Å². The predicted octanol–water partition coefficient (Wildman–Crippen LogP) is 0.535. The highest BCUT2D eigenvalue weighted by atomic mass is 35.5. The lowest BCUT2D eigenvalue weighted by atomic mass is 10.0. The van der Waals surface area contributed by atoms with Crippen LogP contribution in [0.15, 0.2) is 21.4 Å². The number of thioether (sulfide) groups is 1. The van der Waals surface area contributed by atoms with Gasteiger partial charge in [-0.1, -0.05) is 16.8 Å². The number of fused-ring (bicyclic) bond motifs is 1. The number of nitrogens with one attached hydrogen (secondary N) is 1. The zero-order chi connectivity index (χ0) is 23.6. The second kappa shape index (κ2) is 9.42. The van der Waals surface area contributed by atoms with Gasteiger partial charge in [-0.15, -0.1) is 11.8 Å². The minimum atomic E-state index is -1.33. The number of halogens is 1. The van der Waals surface area contributed by atoms with Crippen LogP contribution >= 0.6 is 34.9 Å². The van der Waals surface area contributed by atoms with E-state index < -0.39 is 47.4 Å². The van der Waals surface area contributed by atoms with Crippen LogP contribution in [-0.2, 0) is 28.8 Å². The van der Waals surface area contributed by atoms with Crippen molar-refractivity contribution in [3.63, 3.8) is 0 Å². The first-order valence-electron chi connectivity index (χ1n) is 9.05. The van der Waals surface area contributed by atoms with Crippen LogP contribution < -0.4 is 5.32 Å². The highest BCUT2D eigenvalue weighted by Gasteiger charge is 2.54. The van der Waals surface area contributed by atoms with Crippen LogP contribution in [0.4, 0.5) is 0 Å². The maximum absolute atomic E-state index is 12.8. The van der Waals surface area contributed by atoms with E-state index in [0.29, 0.717) is 0 Å². The van der Waals surface area contributed by atoms with Gasteiger partial charge in [-0.25, -0.2) is 14.6 Å². The standard InChI is InChI=1S/C17H18ClN5O7S2/c1-17(2,3)30-8(24)4-29-21-9(12-19-6-32-22-12)13(25)20-10-14(26)23-11(16(27)28)7(18)5-31-15(10)23/h6,10,15H,4-5H2,1-3H3,(H,20,25)(H,27,28)/t10?,15-/m0/s1. The van der Waals surface area contributed by atoms with Crippen molar-refractivity contribution in [2.75, 3.05) is 12.4 Å². The van der Waals surface area contributed by atoms with Crippen molar-refractivity contribution < 1.29 is 33.9 Å². The van der Waals surface area contributed by atoms with Gasteiger partial charge in [0.2, 0.25) is 18.1 Å². The second-order valence-electron chi connectivity index (χ2n) is 7.47. The summed E-state index contributed by atoms with van der Waals surface area (Å²) in [6, 6.07) is -1.01. The summed E-state index contributed by atoms with van der Waals surface area (Å²) in [4.78, 5) is 58.4. The van der Waals surface area contributed by atoms with Crippen LogP contribution in [-0.4, -0.2) is 78.2 Å². The molecule has 0 saturated carbocycles. The summed E-state index contributed by atoms with van der Waals surface area (Å²) in [5, 5.41) is 14.9. The van der Waals surface area contributed by atoms with Gasteiger partial charge in [0.05, 0.1) is 5.03 Å². The van der Waals surface area contributed by atoms with Gasteiger partial charge in [0.25, 0.3) is 11.8 Å². The summed E-state index contributed by atoms with van der Waals surface area (Å²) >= 11 is 8.11. The van der Waals surface area contributed by atoms with E-state index in [9.17, 15) is 24.3 Å². The van der Waals surface area contributed by atoms with Crippen LogP contribution in [0.1, 0.15) is 26.6 Å². The first-order valence-corrected chi connectivity index (χ1v) is 11.3. The second-order valence-corrected chi connectivity index (χ2v) is 9.64. The molecule has 3 rings (SSSR count). The lowest BCUT2D eigenvalue weighted by Gasteiger charge is -2.48. The minimum Gasteiger partial charge on any atom is -0.477 e. The molecule has 1 aromatic heterocycles. The number of carbonyl (C=O) groups excluding carboxylic acids is 3. The molecule has 172 valence electrons. The van der Waals surface area contributed by atoms with Gasteiger partial charge in [0.1, 0.15) is 28.2 Å². The first kappa shape index (κ1) is 23.9. The fourth-order valence-corrected chi connectivity index (χ4v) is 4.75. The number of aliphatic carboxylic acids is 1. The Morgan fingerprint density at radius 2 is 2.12 bits per heavy atom. The number of hydrogen-bond acceptors (Lipinski definition) is 11. The number of oxime groups is 1. The molecule has 2 atom stereocenters. The number of amides is 2. The minimum absolute atomic E-state index is 0.0429. The number of rotatable bonds is 7. The fourth-order valence-electron chi connectivity index (χ4n) is 2.77. The summed E-state index contributed by atoms with van der Waals surface area (Å²) in [7, 11) is 0. The smallest absolute Gasteiger partial charge is 0.353 e. The van der Waals surface area contributed by atoms with Crippen molar-refractivity contribution in [3.05, 3.63) is 22.1 Å². The molecular weight excluding hydrogens is 486 g/mol. The molecular formula is C17H18ClN5O7S2. The fraction of sp³-hybridized carbons (Fsp3) is 0.471. The van der Waals surface area contributed by atoms with E-state index in [0.717, 1.165) is 16.4 Å². The highest BCUT2D eigenvalue weighted by molar-refractivity contribution is 8.00. The molecule has 2 aliphatic rings. The topological polar surface area (TPSA) is 160 Å². The van der Waals surface area contributed by atoms with Crippen molar-refractivity contribution in [3.8, 4) is 0 Å². The number of carbonyl (C=O) groups is 4. The SMILES string of the molecule is CC(C)(C)OC(=O)CON=C(C(=O)NC1C(=O)N2C(C(=O)O)=C(Cl)CS[C@@H]12)c1ncsn1.